The van der Waals surface area contributed by atoms with Crippen LogP contribution in [0, 0.1) is 13.8 Å². The molecule has 0 spiro atoms. The summed E-state index contributed by atoms with van der Waals surface area (Å²) in [6, 6.07) is 6.65. The topological polar surface area (TPSA) is 0 Å². The van der Waals surface area contributed by atoms with Crippen LogP contribution in [0.5, 0.6) is 0 Å². The van der Waals surface area contributed by atoms with Crippen LogP contribution in [-0.2, 0) is 0 Å². The zero-order valence-corrected chi connectivity index (χ0v) is 10.6. The number of aryl methyl sites for hydroxylation is 2. The van der Waals surface area contributed by atoms with Gasteiger partial charge in [0.05, 0.1) is 0 Å². The highest BCUT2D eigenvalue weighted by atomic mass is 14.0. The lowest BCUT2D eigenvalue weighted by Crippen LogP contribution is -1.85. The molecule has 84 valence electrons. The molecule has 1 aromatic carbocycles. The smallest absolute Gasteiger partial charge is 0.0182 e. The largest absolute Gasteiger partial charge is 0.0877 e. The van der Waals surface area contributed by atoms with Crippen molar-refractivity contribution in [3.05, 3.63) is 65.3 Å². The van der Waals surface area contributed by atoms with Crippen LogP contribution in [0.1, 0.15) is 30.5 Å². The van der Waals surface area contributed by atoms with Gasteiger partial charge in [0.15, 0.2) is 0 Å². The van der Waals surface area contributed by atoms with Crippen molar-refractivity contribution in [2.75, 3.05) is 0 Å². The van der Waals surface area contributed by atoms with E-state index in [0.717, 1.165) is 0 Å². The van der Waals surface area contributed by atoms with Gasteiger partial charge in [-0.05, 0) is 38.8 Å². The molecule has 0 fully saturated rings. The molecule has 0 heterocycles. The third-order valence-corrected chi connectivity index (χ3v) is 2.45. The highest BCUT2D eigenvalue weighted by molar-refractivity contribution is 5.74. The average molecular weight is 212 g/mol. The fourth-order valence-corrected chi connectivity index (χ4v) is 1.77. The van der Waals surface area contributed by atoms with E-state index < -0.39 is 0 Å². The van der Waals surface area contributed by atoms with Crippen LogP contribution in [0.25, 0.3) is 5.57 Å². The summed E-state index contributed by atoms with van der Waals surface area (Å²) >= 11 is 0. The molecule has 0 atom stereocenters. The quantitative estimate of drug-likeness (QED) is 0.629. The number of hydrogen-bond donors (Lipinski definition) is 0. The second-order valence-electron chi connectivity index (χ2n) is 4.01. The summed E-state index contributed by atoms with van der Waals surface area (Å²) in [6.45, 7) is 8.38. The maximum absolute atomic E-state index is 2.22. The number of benzene rings is 1. The van der Waals surface area contributed by atoms with Crippen molar-refractivity contribution in [3.63, 3.8) is 0 Å². The summed E-state index contributed by atoms with van der Waals surface area (Å²) in [4.78, 5) is 0. The van der Waals surface area contributed by atoms with Crippen LogP contribution in [0.3, 0.4) is 0 Å². The van der Waals surface area contributed by atoms with Gasteiger partial charge in [0, 0.05) is 0 Å². The molecular weight excluding hydrogens is 192 g/mol. The number of hydrogen-bond acceptors (Lipinski definition) is 0. The molecule has 0 unspecified atom stereocenters. The van der Waals surface area contributed by atoms with E-state index in [1.165, 1.54) is 22.3 Å². The SMILES string of the molecule is C\C=C/C=C\C(=C/C)c1cc(C)cc(C)c1. The predicted molar refractivity (Wildman–Crippen MR) is 73.5 cm³/mol. The molecule has 0 saturated heterocycles. The van der Waals surface area contributed by atoms with Gasteiger partial charge in [0.1, 0.15) is 0 Å². The Bertz CT molecular complexity index is 411. The van der Waals surface area contributed by atoms with Gasteiger partial charge in [0.2, 0.25) is 0 Å². The Morgan fingerprint density at radius 1 is 0.938 bits per heavy atom. The van der Waals surface area contributed by atoms with Gasteiger partial charge in [-0.25, -0.2) is 0 Å². The van der Waals surface area contributed by atoms with Gasteiger partial charge >= 0.3 is 0 Å². The molecule has 0 bridgehead atoms. The van der Waals surface area contributed by atoms with Crippen molar-refractivity contribution in [1.29, 1.82) is 0 Å². The Balaban J connectivity index is 3.05. The molecule has 0 aliphatic carbocycles. The van der Waals surface area contributed by atoms with E-state index in [9.17, 15) is 0 Å². The monoisotopic (exact) mass is 212 g/mol. The van der Waals surface area contributed by atoms with Crippen LogP contribution in [0.15, 0.2) is 48.6 Å². The standard InChI is InChI=1S/C16H20/c1-5-7-8-9-15(6-2)16-11-13(3)10-14(4)12-16/h5-12H,1-4H3/b7-5-,9-8-,15-6+. The first kappa shape index (κ1) is 12.5. The molecule has 0 saturated carbocycles. The van der Waals surface area contributed by atoms with Crippen LogP contribution >= 0.6 is 0 Å². The first-order valence-corrected chi connectivity index (χ1v) is 5.71. The lowest BCUT2D eigenvalue weighted by Gasteiger charge is -2.05. The van der Waals surface area contributed by atoms with Crippen molar-refractivity contribution < 1.29 is 0 Å². The minimum Gasteiger partial charge on any atom is -0.0877 e. The second kappa shape index (κ2) is 6.12. The van der Waals surface area contributed by atoms with Crippen LogP contribution in [-0.4, -0.2) is 0 Å². The molecule has 1 aromatic rings. The van der Waals surface area contributed by atoms with Crippen molar-refractivity contribution in [1.82, 2.24) is 0 Å². The van der Waals surface area contributed by atoms with Crippen molar-refractivity contribution in [3.8, 4) is 0 Å². The molecule has 1 rings (SSSR count). The highest BCUT2D eigenvalue weighted by Gasteiger charge is 1.98. The molecule has 0 heteroatoms. The first-order valence-electron chi connectivity index (χ1n) is 5.71. The van der Waals surface area contributed by atoms with Crippen LogP contribution in [0.4, 0.5) is 0 Å². The minimum atomic E-state index is 1.27. The van der Waals surface area contributed by atoms with Crippen molar-refractivity contribution in [2.45, 2.75) is 27.7 Å². The zero-order chi connectivity index (χ0) is 12.0. The fraction of sp³-hybridized carbons (Fsp3) is 0.250. The summed E-state index contributed by atoms with van der Waals surface area (Å²) in [7, 11) is 0. The molecular formula is C16H20. The maximum Gasteiger partial charge on any atom is -0.0182 e. The molecule has 0 aromatic heterocycles. The van der Waals surface area contributed by atoms with Gasteiger partial charge in [-0.2, -0.15) is 0 Å². The van der Waals surface area contributed by atoms with Gasteiger partial charge in [-0.15, -0.1) is 0 Å². The Morgan fingerprint density at radius 2 is 1.56 bits per heavy atom. The van der Waals surface area contributed by atoms with E-state index in [1.54, 1.807) is 0 Å². The second-order valence-corrected chi connectivity index (χ2v) is 4.01. The van der Waals surface area contributed by atoms with Crippen molar-refractivity contribution >= 4 is 5.57 Å². The summed E-state index contributed by atoms with van der Waals surface area (Å²) in [5, 5.41) is 0. The first-order chi connectivity index (χ1) is 7.67. The molecule has 0 radical (unpaired) electrons. The fourth-order valence-electron chi connectivity index (χ4n) is 1.77. The van der Waals surface area contributed by atoms with E-state index >= 15 is 0 Å². The van der Waals surface area contributed by atoms with Crippen LogP contribution in [0.2, 0.25) is 0 Å². The molecule has 0 nitrogen and oxygen atoms in total. The summed E-state index contributed by atoms with van der Waals surface area (Å²) in [5.41, 5.74) is 5.19. The molecule has 16 heavy (non-hydrogen) atoms. The third kappa shape index (κ3) is 3.54. The van der Waals surface area contributed by atoms with E-state index in [-0.39, 0.29) is 0 Å². The lowest BCUT2D eigenvalue weighted by molar-refractivity contribution is 1.36. The Hall–Kier alpha value is -1.56. The Morgan fingerprint density at radius 3 is 2.06 bits per heavy atom. The number of rotatable bonds is 3. The van der Waals surface area contributed by atoms with Gasteiger partial charge in [-0.3, -0.25) is 0 Å². The normalized spacial score (nSPS) is 12.9. The molecule has 0 aliphatic heterocycles. The zero-order valence-electron chi connectivity index (χ0n) is 10.6. The van der Waals surface area contributed by atoms with Crippen molar-refractivity contribution in [2.24, 2.45) is 0 Å². The highest BCUT2D eigenvalue weighted by Crippen LogP contribution is 2.19. The molecule has 0 amide bonds. The van der Waals surface area contributed by atoms with E-state index in [4.69, 9.17) is 0 Å². The van der Waals surface area contributed by atoms with E-state index in [0.29, 0.717) is 0 Å². The summed E-state index contributed by atoms with van der Waals surface area (Å²) in [6.07, 6.45) is 10.5. The minimum absolute atomic E-state index is 1.27. The van der Waals surface area contributed by atoms with Gasteiger partial charge in [0.25, 0.3) is 0 Å². The Labute approximate surface area is 99.0 Å². The summed E-state index contributed by atoms with van der Waals surface area (Å²) in [5.74, 6) is 0. The maximum atomic E-state index is 2.22. The van der Waals surface area contributed by atoms with Gasteiger partial charge < -0.3 is 0 Å². The van der Waals surface area contributed by atoms with E-state index in [1.807, 2.05) is 19.1 Å². The van der Waals surface area contributed by atoms with Crippen LogP contribution < -0.4 is 0 Å². The third-order valence-electron chi connectivity index (χ3n) is 2.45. The number of allylic oxidation sites excluding steroid dienone is 6. The lowest BCUT2D eigenvalue weighted by atomic mass is 10.0. The van der Waals surface area contributed by atoms with Gasteiger partial charge in [-0.1, -0.05) is 59.7 Å². The Kier molecular flexibility index (Phi) is 4.78. The molecule has 0 N–H and O–H groups in total. The molecule has 0 aliphatic rings. The average Bonchev–Trinajstić information content (AvgIpc) is 2.23. The summed E-state index contributed by atoms with van der Waals surface area (Å²) < 4.78 is 0. The van der Waals surface area contributed by atoms with E-state index in [2.05, 4.69) is 57.2 Å². The predicted octanol–water partition coefficient (Wildman–Crippen LogP) is 4.84.